The number of piperazine rings is 1. The number of carbonyl (C=O) groups is 2. The van der Waals surface area contributed by atoms with E-state index in [0.29, 0.717) is 25.5 Å². The van der Waals surface area contributed by atoms with Crippen molar-refractivity contribution in [3.8, 4) is 0 Å². The van der Waals surface area contributed by atoms with E-state index in [2.05, 4.69) is 4.98 Å². The summed E-state index contributed by atoms with van der Waals surface area (Å²) in [5, 5.41) is 20.1. The largest absolute Gasteiger partial charge is 0.477 e. The smallest absolute Gasteiger partial charge is 0.410 e. The zero-order chi connectivity index (χ0) is 19.6. The van der Waals surface area contributed by atoms with Crippen LogP contribution in [0, 0.1) is 10.1 Å². The van der Waals surface area contributed by atoms with Gasteiger partial charge in [0.25, 0.3) is 0 Å². The van der Waals surface area contributed by atoms with Crippen molar-refractivity contribution in [2.75, 3.05) is 24.5 Å². The van der Waals surface area contributed by atoms with Crippen molar-refractivity contribution < 1.29 is 24.4 Å². The summed E-state index contributed by atoms with van der Waals surface area (Å²) in [6, 6.07) is 1.000. The molecule has 26 heavy (non-hydrogen) atoms. The second-order valence-electron chi connectivity index (χ2n) is 7.09. The maximum atomic E-state index is 12.2. The van der Waals surface area contributed by atoms with Crippen LogP contribution in [0.1, 0.15) is 38.1 Å². The topological polar surface area (TPSA) is 126 Å². The molecule has 1 amide bonds. The van der Waals surface area contributed by atoms with Gasteiger partial charge in [0.2, 0.25) is 0 Å². The lowest BCUT2D eigenvalue weighted by Gasteiger charge is -2.40. The van der Waals surface area contributed by atoms with E-state index in [1.165, 1.54) is 6.07 Å². The highest BCUT2D eigenvalue weighted by Crippen LogP contribution is 2.25. The Kier molecular flexibility index (Phi) is 5.33. The molecule has 10 nitrogen and oxygen atoms in total. The number of aromatic nitrogens is 1. The molecule has 0 aliphatic carbocycles. The minimum absolute atomic E-state index is 0.191. The van der Waals surface area contributed by atoms with Gasteiger partial charge in [-0.05, 0) is 27.7 Å². The maximum Gasteiger partial charge on any atom is 0.410 e. The molecule has 2 heterocycles. The monoisotopic (exact) mass is 366 g/mol. The fraction of sp³-hybridized carbons (Fsp3) is 0.562. The van der Waals surface area contributed by atoms with Crippen molar-refractivity contribution >= 4 is 23.6 Å². The third-order valence-corrected chi connectivity index (χ3v) is 3.88. The number of rotatable bonds is 3. The molecule has 0 unspecified atom stereocenters. The number of anilines is 1. The summed E-state index contributed by atoms with van der Waals surface area (Å²) in [5.41, 5.74) is -1.56. The van der Waals surface area contributed by atoms with Crippen molar-refractivity contribution in [3.63, 3.8) is 0 Å². The first-order chi connectivity index (χ1) is 12.0. The number of carboxylic acids is 1. The lowest BCUT2D eigenvalue weighted by atomic mass is 10.1. The number of amides is 1. The average molecular weight is 366 g/mol. The number of pyridine rings is 1. The molecule has 0 saturated carbocycles. The van der Waals surface area contributed by atoms with Gasteiger partial charge in [0.05, 0.1) is 4.92 Å². The molecular formula is C16H22N4O6. The lowest BCUT2D eigenvalue weighted by molar-refractivity contribution is -0.385. The second kappa shape index (κ2) is 7.14. The molecule has 1 aliphatic heterocycles. The van der Waals surface area contributed by atoms with Crippen molar-refractivity contribution in [1.82, 2.24) is 9.88 Å². The molecule has 0 spiro atoms. The van der Waals surface area contributed by atoms with E-state index in [-0.39, 0.29) is 6.04 Å². The Morgan fingerprint density at radius 1 is 1.38 bits per heavy atom. The summed E-state index contributed by atoms with van der Waals surface area (Å²) in [5.74, 6) is -1.07. The van der Waals surface area contributed by atoms with Crippen LogP contribution in [-0.2, 0) is 4.74 Å². The number of hydrogen-bond donors (Lipinski definition) is 1. The minimum atomic E-state index is -1.39. The highest BCUT2D eigenvalue weighted by molar-refractivity contribution is 5.93. The van der Waals surface area contributed by atoms with Gasteiger partial charge in [-0.2, -0.15) is 0 Å². The molecule has 142 valence electrons. The van der Waals surface area contributed by atoms with Crippen molar-refractivity contribution in [2.24, 2.45) is 0 Å². The summed E-state index contributed by atoms with van der Waals surface area (Å²) < 4.78 is 5.38. The van der Waals surface area contributed by atoms with Gasteiger partial charge in [0, 0.05) is 31.7 Å². The predicted octanol–water partition coefficient (Wildman–Crippen LogP) is 2.13. The van der Waals surface area contributed by atoms with E-state index in [4.69, 9.17) is 4.74 Å². The van der Waals surface area contributed by atoms with Crippen LogP contribution in [0.3, 0.4) is 0 Å². The Bertz CT molecular complexity index is 730. The van der Waals surface area contributed by atoms with E-state index in [1.54, 1.807) is 30.6 Å². The molecule has 0 radical (unpaired) electrons. The van der Waals surface area contributed by atoms with Gasteiger partial charge in [-0.1, -0.05) is 0 Å². The van der Waals surface area contributed by atoms with Crippen molar-refractivity contribution in [3.05, 3.63) is 27.9 Å². The molecular weight excluding hydrogens is 344 g/mol. The number of nitrogens with zero attached hydrogens (tertiary/aromatic N) is 4. The number of aromatic carboxylic acids is 1. The minimum Gasteiger partial charge on any atom is -0.477 e. The summed E-state index contributed by atoms with van der Waals surface area (Å²) in [4.78, 5) is 41.1. The number of carbonyl (C=O) groups excluding carboxylic acids is 1. The van der Waals surface area contributed by atoms with Crippen LogP contribution >= 0.6 is 0 Å². The van der Waals surface area contributed by atoms with Crippen molar-refractivity contribution in [1.29, 1.82) is 0 Å². The third-order valence-electron chi connectivity index (χ3n) is 3.88. The van der Waals surface area contributed by atoms with Crippen LogP contribution in [-0.4, -0.2) is 63.3 Å². The molecule has 1 atom stereocenters. The van der Waals surface area contributed by atoms with Crippen LogP contribution in [0.5, 0.6) is 0 Å². The van der Waals surface area contributed by atoms with E-state index in [1.807, 2.05) is 6.92 Å². The lowest BCUT2D eigenvalue weighted by Crippen LogP contribution is -2.55. The Morgan fingerprint density at radius 3 is 2.54 bits per heavy atom. The van der Waals surface area contributed by atoms with Crippen LogP contribution in [0.25, 0.3) is 0 Å². The van der Waals surface area contributed by atoms with E-state index in [9.17, 15) is 24.8 Å². The van der Waals surface area contributed by atoms with Gasteiger partial charge in [-0.3, -0.25) is 10.1 Å². The zero-order valence-corrected chi connectivity index (χ0v) is 15.1. The fourth-order valence-corrected chi connectivity index (χ4v) is 2.68. The van der Waals surface area contributed by atoms with Crippen LogP contribution < -0.4 is 4.90 Å². The number of nitro groups is 1. The second-order valence-corrected chi connectivity index (χ2v) is 7.09. The molecule has 1 saturated heterocycles. The molecule has 1 N–H and O–H groups in total. The highest BCUT2D eigenvalue weighted by Gasteiger charge is 2.32. The zero-order valence-electron chi connectivity index (χ0n) is 15.1. The Labute approximate surface area is 150 Å². The van der Waals surface area contributed by atoms with Gasteiger partial charge < -0.3 is 19.6 Å². The Hall–Kier alpha value is -2.91. The van der Waals surface area contributed by atoms with E-state index >= 15 is 0 Å². The van der Waals surface area contributed by atoms with Crippen LogP contribution in [0.4, 0.5) is 16.3 Å². The molecule has 0 bridgehead atoms. The number of hydrogen-bond acceptors (Lipinski definition) is 7. The van der Waals surface area contributed by atoms with Gasteiger partial charge in [0.15, 0.2) is 0 Å². The van der Waals surface area contributed by atoms with Gasteiger partial charge in [0.1, 0.15) is 23.2 Å². The maximum absolute atomic E-state index is 12.2. The van der Waals surface area contributed by atoms with Crippen molar-refractivity contribution in [2.45, 2.75) is 39.3 Å². The normalized spacial score (nSPS) is 17.8. The average Bonchev–Trinajstić information content (AvgIpc) is 2.52. The van der Waals surface area contributed by atoms with Crippen LogP contribution in [0.2, 0.25) is 0 Å². The summed E-state index contributed by atoms with van der Waals surface area (Å²) in [7, 11) is 0. The first-order valence-electron chi connectivity index (χ1n) is 8.12. The summed E-state index contributed by atoms with van der Waals surface area (Å²) in [6.07, 6.45) is 0.538. The SMILES string of the molecule is C[C@H]1CN(c2cc(C(=O)O)c([N+](=O)[O-])cn2)CCN1C(=O)OC(C)(C)C. The molecule has 1 aromatic rings. The molecule has 1 fully saturated rings. The molecule has 0 aromatic carbocycles. The van der Waals surface area contributed by atoms with Gasteiger partial charge in [-0.15, -0.1) is 0 Å². The van der Waals surface area contributed by atoms with E-state index < -0.39 is 33.8 Å². The Morgan fingerprint density at radius 2 is 2.04 bits per heavy atom. The standard InChI is InChI=1S/C16H22N4O6/c1-10-9-18(5-6-19(10)15(23)26-16(2,3)4)13-7-11(14(21)22)12(8-17-13)20(24)25/h7-8,10H,5-6,9H2,1-4H3,(H,21,22)/t10-/m0/s1. The predicted molar refractivity (Wildman–Crippen MR) is 92.5 cm³/mol. The first-order valence-corrected chi connectivity index (χ1v) is 8.12. The Balaban J connectivity index is 2.16. The third kappa shape index (κ3) is 4.38. The summed E-state index contributed by atoms with van der Waals surface area (Å²) in [6.45, 7) is 8.41. The molecule has 2 rings (SSSR count). The molecule has 1 aromatic heterocycles. The number of ether oxygens (including phenoxy) is 1. The highest BCUT2D eigenvalue weighted by atomic mass is 16.6. The number of carboxylic acid groups (broad SMARTS) is 1. The van der Waals surface area contributed by atoms with Gasteiger partial charge in [-0.25, -0.2) is 14.6 Å². The van der Waals surface area contributed by atoms with Crippen LogP contribution in [0.15, 0.2) is 12.3 Å². The first kappa shape index (κ1) is 19.4. The quantitative estimate of drug-likeness (QED) is 0.637. The molecule has 10 heteroatoms. The van der Waals surface area contributed by atoms with E-state index in [0.717, 1.165) is 6.20 Å². The fourth-order valence-electron chi connectivity index (χ4n) is 2.68. The molecule has 1 aliphatic rings. The van der Waals surface area contributed by atoms with Gasteiger partial charge >= 0.3 is 17.7 Å². The summed E-state index contributed by atoms with van der Waals surface area (Å²) >= 11 is 0.